The summed E-state index contributed by atoms with van der Waals surface area (Å²) in [7, 11) is 4.15. The molecule has 4 aliphatic carbocycles. The van der Waals surface area contributed by atoms with E-state index in [2.05, 4.69) is 40.2 Å². The first-order chi connectivity index (χ1) is 9.88. The largest absolute Gasteiger partial charge is 0.356 e. The van der Waals surface area contributed by atoms with Gasteiger partial charge in [-0.2, -0.15) is 0 Å². The molecule has 21 heavy (non-hydrogen) atoms. The lowest BCUT2D eigenvalue weighted by molar-refractivity contribution is -0.128. The van der Waals surface area contributed by atoms with Crippen molar-refractivity contribution in [1.29, 1.82) is 0 Å². The SMILES string of the molecule is CN(C)CCCNC(=O)CC12CC3CC(CC(Br)(C3)C1)C2. The van der Waals surface area contributed by atoms with Crippen LogP contribution in [0.5, 0.6) is 0 Å². The van der Waals surface area contributed by atoms with E-state index in [0.717, 1.165) is 37.8 Å². The zero-order valence-corrected chi connectivity index (χ0v) is 15.0. The Labute approximate surface area is 137 Å². The van der Waals surface area contributed by atoms with Gasteiger partial charge in [0.1, 0.15) is 0 Å². The van der Waals surface area contributed by atoms with Gasteiger partial charge in [-0.25, -0.2) is 0 Å². The molecule has 0 aromatic carbocycles. The number of nitrogens with one attached hydrogen (secondary N) is 1. The first-order valence-corrected chi connectivity index (χ1v) is 9.28. The predicted molar refractivity (Wildman–Crippen MR) is 89.6 cm³/mol. The van der Waals surface area contributed by atoms with Gasteiger partial charge in [0.15, 0.2) is 0 Å². The molecule has 3 nitrogen and oxygen atoms in total. The van der Waals surface area contributed by atoms with Gasteiger partial charge < -0.3 is 10.2 Å². The lowest BCUT2D eigenvalue weighted by Crippen LogP contribution is -2.54. The third-order valence-electron chi connectivity index (χ3n) is 5.75. The van der Waals surface area contributed by atoms with Crippen LogP contribution in [0.25, 0.3) is 0 Å². The van der Waals surface area contributed by atoms with E-state index in [9.17, 15) is 4.79 Å². The molecule has 1 amide bonds. The molecular formula is C17H29BrN2O. The van der Waals surface area contributed by atoms with Gasteiger partial charge in [-0.05, 0) is 82.8 Å². The highest BCUT2D eigenvalue weighted by Gasteiger charge is 2.57. The summed E-state index contributed by atoms with van der Waals surface area (Å²) >= 11 is 4.03. The average Bonchev–Trinajstić information content (AvgIpc) is 2.30. The van der Waals surface area contributed by atoms with Crippen LogP contribution in [0.1, 0.15) is 51.4 Å². The van der Waals surface area contributed by atoms with E-state index in [1.165, 1.54) is 38.5 Å². The standard InChI is InChI=1S/C17H29BrN2O/c1-20(2)5-3-4-19-15(21)11-16-7-13-6-14(8-16)10-17(18,9-13)12-16/h13-14H,3-12H2,1-2H3,(H,19,21). The summed E-state index contributed by atoms with van der Waals surface area (Å²) in [6.07, 6.45) is 9.71. The lowest BCUT2D eigenvalue weighted by Gasteiger charge is -2.60. The van der Waals surface area contributed by atoms with Gasteiger partial charge in [0.05, 0.1) is 0 Å². The summed E-state index contributed by atoms with van der Waals surface area (Å²) in [5, 5.41) is 3.14. The van der Waals surface area contributed by atoms with Crippen LogP contribution < -0.4 is 5.32 Å². The first kappa shape index (κ1) is 15.8. The normalized spacial score (nSPS) is 40.8. The fourth-order valence-corrected chi connectivity index (χ4v) is 7.08. The summed E-state index contributed by atoms with van der Waals surface area (Å²) < 4.78 is 0.363. The van der Waals surface area contributed by atoms with Crippen LogP contribution in [-0.4, -0.2) is 42.3 Å². The van der Waals surface area contributed by atoms with Crippen molar-refractivity contribution in [3.63, 3.8) is 0 Å². The maximum Gasteiger partial charge on any atom is 0.220 e. The molecule has 4 aliphatic rings. The number of nitrogens with zero attached hydrogens (tertiary/aromatic N) is 1. The van der Waals surface area contributed by atoms with E-state index in [1.54, 1.807) is 0 Å². The van der Waals surface area contributed by atoms with Gasteiger partial charge in [0.2, 0.25) is 5.91 Å². The first-order valence-electron chi connectivity index (χ1n) is 8.49. The topological polar surface area (TPSA) is 32.3 Å². The van der Waals surface area contributed by atoms with Crippen LogP contribution in [0.3, 0.4) is 0 Å². The lowest BCUT2D eigenvalue weighted by atomic mass is 9.48. The van der Waals surface area contributed by atoms with Crippen molar-refractivity contribution in [2.45, 2.75) is 55.7 Å². The molecule has 0 saturated heterocycles. The second-order valence-electron chi connectivity index (χ2n) is 8.30. The number of hydrogen-bond donors (Lipinski definition) is 1. The Morgan fingerprint density at radius 3 is 2.48 bits per heavy atom. The molecule has 4 fully saturated rings. The Morgan fingerprint density at radius 2 is 1.90 bits per heavy atom. The van der Waals surface area contributed by atoms with Gasteiger partial charge in [-0.1, -0.05) is 15.9 Å². The van der Waals surface area contributed by atoms with Gasteiger partial charge in [-0.3, -0.25) is 4.79 Å². The summed E-state index contributed by atoms with van der Waals surface area (Å²) in [5.41, 5.74) is 0.305. The van der Waals surface area contributed by atoms with E-state index in [0.29, 0.717) is 9.74 Å². The molecule has 0 aromatic rings. The van der Waals surface area contributed by atoms with Crippen molar-refractivity contribution in [2.75, 3.05) is 27.2 Å². The minimum absolute atomic E-state index is 0.284. The molecule has 4 bridgehead atoms. The number of alkyl halides is 1. The Bertz CT molecular complexity index is 396. The van der Waals surface area contributed by atoms with E-state index >= 15 is 0 Å². The molecule has 4 heteroatoms. The molecule has 4 rings (SSSR count). The molecule has 2 atom stereocenters. The van der Waals surface area contributed by atoms with Crippen LogP contribution in [0.15, 0.2) is 0 Å². The Hall–Kier alpha value is -0.0900. The molecule has 0 heterocycles. The molecule has 120 valence electrons. The number of hydrogen-bond acceptors (Lipinski definition) is 2. The molecule has 0 aromatic heterocycles. The maximum absolute atomic E-state index is 12.3. The summed E-state index contributed by atoms with van der Waals surface area (Å²) in [6.45, 7) is 1.86. The molecule has 0 radical (unpaired) electrons. The molecule has 4 saturated carbocycles. The van der Waals surface area contributed by atoms with Gasteiger partial charge in [0.25, 0.3) is 0 Å². The van der Waals surface area contributed by atoms with Crippen molar-refractivity contribution in [3.8, 4) is 0 Å². The minimum Gasteiger partial charge on any atom is -0.356 e. The number of carbonyl (C=O) groups is 1. The van der Waals surface area contributed by atoms with Gasteiger partial charge in [-0.15, -0.1) is 0 Å². The molecule has 0 spiro atoms. The Morgan fingerprint density at radius 1 is 1.24 bits per heavy atom. The monoisotopic (exact) mass is 356 g/mol. The quantitative estimate of drug-likeness (QED) is 0.585. The number of rotatable bonds is 6. The van der Waals surface area contributed by atoms with Crippen LogP contribution in [-0.2, 0) is 4.79 Å². The van der Waals surface area contributed by atoms with Crippen molar-refractivity contribution in [3.05, 3.63) is 0 Å². The predicted octanol–water partition coefficient (Wildman–Crippen LogP) is 3.18. The highest BCUT2D eigenvalue weighted by atomic mass is 79.9. The molecule has 1 N–H and O–H groups in total. The fourth-order valence-electron chi connectivity index (χ4n) is 5.57. The second kappa shape index (κ2) is 5.84. The highest BCUT2D eigenvalue weighted by molar-refractivity contribution is 9.10. The Balaban J connectivity index is 1.51. The van der Waals surface area contributed by atoms with Crippen molar-refractivity contribution >= 4 is 21.8 Å². The number of carbonyl (C=O) groups excluding carboxylic acids is 1. The zero-order valence-electron chi connectivity index (χ0n) is 13.5. The van der Waals surface area contributed by atoms with Crippen molar-refractivity contribution in [1.82, 2.24) is 10.2 Å². The van der Waals surface area contributed by atoms with Crippen molar-refractivity contribution in [2.24, 2.45) is 17.3 Å². The summed E-state index contributed by atoms with van der Waals surface area (Å²) in [5.74, 6) is 2.02. The number of amides is 1. The number of halogens is 1. The summed E-state index contributed by atoms with van der Waals surface area (Å²) in [4.78, 5) is 14.5. The van der Waals surface area contributed by atoms with E-state index in [-0.39, 0.29) is 5.91 Å². The van der Waals surface area contributed by atoms with Gasteiger partial charge in [0, 0.05) is 17.3 Å². The van der Waals surface area contributed by atoms with Gasteiger partial charge >= 0.3 is 0 Å². The molecule has 0 aliphatic heterocycles. The fraction of sp³-hybridized carbons (Fsp3) is 0.941. The average molecular weight is 357 g/mol. The maximum atomic E-state index is 12.3. The summed E-state index contributed by atoms with van der Waals surface area (Å²) in [6, 6.07) is 0. The zero-order chi connectivity index (χ0) is 15.1. The third kappa shape index (κ3) is 3.64. The van der Waals surface area contributed by atoms with Crippen molar-refractivity contribution < 1.29 is 4.79 Å². The smallest absolute Gasteiger partial charge is 0.220 e. The molecule has 2 unspecified atom stereocenters. The Kier molecular flexibility index (Phi) is 4.39. The van der Waals surface area contributed by atoms with E-state index in [4.69, 9.17) is 0 Å². The highest BCUT2D eigenvalue weighted by Crippen LogP contribution is 2.65. The van der Waals surface area contributed by atoms with E-state index < -0.39 is 0 Å². The van der Waals surface area contributed by atoms with Crippen LogP contribution in [0, 0.1) is 17.3 Å². The minimum atomic E-state index is 0.284. The van der Waals surface area contributed by atoms with Crippen LogP contribution in [0.4, 0.5) is 0 Å². The van der Waals surface area contributed by atoms with Crippen LogP contribution >= 0.6 is 15.9 Å². The molecular weight excluding hydrogens is 328 g/mol. The third-order valence-corrected chi connectivity index (χ3v) is 6.68. The second-order valence-corrected chi connectivity index (χ2v) is 9.98. The van der Waals surface area contributed by atoms with Crippen LogP contribution in [0.2, 0.25) is 0 Å². The van der Waals surface area contributed by atoms with E-state index in [1.807, 2.05) is 0 Å².